The highest BCUT2D eigenvalue weighted by Crippen LogP contribution is 2.28. The second-order valence-electron chi connectivity index (χ2n) is 5.12. The predicted molar refractivity (Wildman–Crippen MR) is 77.7 cm³/mol. The van der Waals surface area contributed by atoms with Crippen LogP contribution in [0.25, 0.3) is 0 Å². The van der Waals surface area contributed by atoms with Crippen molar-refractivity contribution in [3.8, 4) is 0 Å². The Kier molecular flexibility index (Phi) is 4.66. The van der Waals surface area contributed by atoms with Crippen molar-refractivity contribution in [3.05, 3.63) is 28.8 Å². The molecule has 104 valence electrons. The molecule has 5 heteroatoms. The van der Waals surface area contributed by atoms with E-state index in [1.807, 2.05) is 18.2 Å². The molecule has 0 bridgehead atoms. The zero-order valence-corrected chi connectivity index (χ0v) is 11.7. The quantitative estimate of drug-likeness (QED) is 0.812. The molecule has 1 amide bonds. The number of nitrogen functional groups attached to an aromatic ring is 1. The summed E-state index contributed by atoms with van der Waals surface area (Å²) in [5, 5.41) is 0.646. The van der Waals surface area contributed by atoms with E-state index in [0.717, 1.165) is 18.4 Å². The van der Waals surface area contributed by atoms with Gasteiger partial charge in [-0.1, -0.05) is 30.5 Å². The summed E-state index contributed by atoms with van der Waals surface area (Å²) in [4.78, 5) is 13.3. The third kappa shape index (κ3) is 3.61. The maximum Gasteiger partial charge on any atom is 0.231 e. The lowest BCUT2D eigenvalue weighted by Gasteiger charge is -2.28. The van der Waals surface area contributed by atoms with Crippen molar-refractivity contribution in [2.75, 3.05) is 12.3 Å². The Labute approximate surface area is 118 Å². The van der Waals surface area contributed by atoms with Gasteiger partial charge in [0.25, 0.3) is 0 Å². The van der Waals surface area contributed by atoms with Crippen LogP contribution in [0.4, 0.5) is 5.69 Å². The normalized spacial score (nSPS) is 16.1. The fourth-order valence-corrected chi connectivity index (χ4v) is 2.97. The molecule has 0 aliphatic heterocycles. The number of amides is 1. The lowest BCUT2D eigenvalue weighted by molar-refractivity contribution is -0.119. The second-order valence-corrected chi connectivity index (χ2v) is 5.52. The lowest BCUT2D eigenvalue weighted by atomic mass is 10.1. The number of hydrogen-bond acceptors (Lipinski definition) is 3. The Bertz CT molecular complexity index is 438. The maximum atomic E-state index is 11.2. The van der Waals surface area contributed by atoms with E-state index in [1.165, 1.54) is 12.8 Å². The first-order chi connectivity index (χ1) is 9.08. The summed E-state index contributed by atoms with van der Waals surface area (Å²) in [5.41, 5.74) is 12.9. The minimum Gasteiger partial charge on any atom is -0.398 e. The number of benzene rings is 1. The molecule has 1 aliphatic carbocycles. The molecule has 1 aromatic rings. The molecule has 1 fully saturated rings. The van der Waals surface area contributed by atoms with Crippen LogP contribution < -0.4 is 11.5 Å². The predicted octanol–water partition coefficient (Wildman–Crippen LogP) is 2.15. The van der Waals surface area contributed by atoms with Crippen molar-refractivity contribution in [1.29, 1.82) is 0 Å². The van der Waals surface area contributed by atoms with Gasteiger partial charge in [0.2, 0.25) is 5.91 Å². The minimum absolute atomic E-state index is 0.259. The Morgan fingerprint density at radius 2 is 2.05 bits per heavy atom. The minimum atomic E-state index is -0.308. The highest BCUT2D eigenvalue weighted by atomic mass is 35.5. The fourth-order valence-electron chi connectivity index (χ4n) is 2.73. The van der Waals surface area contributed by atoms with Gasteiger partial charge in [-0.3, -0.25) is 9.69 Å². The van der Waals surface area contributed by atoms with Gasteiger partial charge in [0, 0.05) is 28.9 Å². The molecule has 2 rings (SSSR count). The Morgan fingerprint density at radius 1 is 1.37 bits per heavy atom. The number of carbonyl (C=O) groups excluding carboxylic acids is 1. The summed E-state index contributed by atoms with van der Waals surface area (Å²) in [6, 6.07) is 5.89. The highest BCUT2D eigenvalue weighted by Gasteiger charge is 2.24. The number of nitrogens with zero attached hydrogens (tertiary/aromatic N) is 1. The number of primary amides is 1. The Morgan fingerprint density at radius 3 is 2.63 bits per heavy atom. The molecule has 0 saturated heterocycles. The Balaban J connectivity index is 2.17. The molecular weight excluding hydrogens is 262 g/mol. The van der Waals surface area contributed by atoms with Crippen molar-refractivity contribution in [2.24, 2.45) is 5.73 Å². The number of anilines is 1. The van der Waals surface area contributed by atoms with E-state index in [2.05, 4.69) is 4.90 Å². The van der Waals surface area contributed by atoms with Gasteiger partial charge in [-0.25, -0.2) is 0 Å². The smallest absolute Gasteiger partial charge is 0.231 e. The first-order valence-electron chi connectivity index (χ1n) is 6.63. The number of nitrogens with two attached hydrogens (primary N) is 2. The third-order valence-electron chi connectivity index (χ3n) is 3.72. The SMILES string of the molecule is NC(=O)CN(Cc1c(N)cccc1Cl)C1CCCC1. The summed E-state index contributed by atoms with van der Waals surface area (Å²) in [5.74, 6) is -0.308. The number of rotatable bonds is 5. The van der Waals surface area contributed by atoms with Crippen molar-refractivity contribution in [3.63, 3.8) is 0 Å². The van der Waals surface area contributed by atoms with E-state index in [9.17, 15) is 4.79 Å². The van der Waals surface area contributed by atoms with Crippen molar-refractivity contribution < 1.29 is 4.79 Å². The summed E-state index contributed by atoms with van der Waals surface area (Å²) in [7, 11) is 0. The van der Waals surface area contributed by atoms with Crippen LogP contribution in [-0.4, -0.2) is 23.4 Å². The van der Waals surface area contributed by atoms with Crippen molar-refractivity contribution >= 4 is 23.2 Å². The van der Waals surface area contributed by atoms with Crippen LogP contribution in [0.3, 0.4) is 0 Å². The van der Waals surface area contributed by atoms with Crippen LogP contribution in [-0.2, 0) is 11.3 Å². The first kappa shape index (κ1) is 14.2. The molecule has 1 saturated carbocycles. The average Bonchev–Trinajstić information content (AvgIpc) is 2.85. The lowest BCUT2D eigenvalue weighted by Crippen LogP contribution is -2.39. The monoisotopic (exact) mass is 281 g/mol. The van der Waals surface area contributed by atoms with Gasteiger partial charge in [-0.05, 0) is 25.0 Å². The molecule has 1 aliphatic rings. The summed E-state index contributed by atoms with van der Waals surface area (Å²) < 4.78 is 0. The highest BCUT2D eigenvalue weighted by molar-refractivity contribution is 6.31. The van der Waals surface area contributed by atoms with Crippen LogP contribution in [0.5, 0.6) is 0 Å². The van der Waals surface area contributed by atoms with Crippen LogP contribution >= 0.6 is 11.6 Å². The summed E-state index contributed by atoms with van der Waals surface area (Å²) >= 11 is 6.19. The Hall–Kier alpha value is -1.26. The number of carbonyl (C=O) groups is 1. The number of hydrogen-bond donors (Lipinski definition) is 2. The molecule has 0 atom stereocenters. The zero-order valence-electron chi connectivity index (χ0n) is 10.9. The van der Waals surface area contributed by atoms with Gasteiger partial charge >= 0.3 is 0 Å². The first-order valence-corrected chi connectivity index (χ1v) is 7.01. The van der Waals surface area contributed by atoms with E-state index < -0.39 is 0 Å². The molecule has 0 aromatic heterocycles. The van der Waals surface area contributed by atoms with Gasteiger partial charge in [-0.2, -0.15) is 0 Å². The molecule has 4 nitrogen and oxygen atoms in total. The molecule has 0 radical (unpaired) electrons. The van der Waals surface area contributed by atoms with E-state index in [1.54, 1.807) is 0 Å². The van der Waals surface area contributed by atoms with E-state index >= 15 is 0 Å². The number of halogens is 1. The molecule has 0 heterocycles. The third-order valence-corrected chi connectivity index (χ3v) is 4.07. The summed E-state index contributed by atoms with van der Waals surface area (Å²) in [6.45, 7) is 0.842. The van der Waals surface area contributed by atoms with Crippen LogP contribution in [0, 0.1) is 0 Å². The van der Waals surface area contributed by atoms with Crippen molar-refractivity contribution in [2.45, 2.75) is 38.3 Å². The van der Waals surface area contributed by atoms with E-state index in [4.69, 9.17) is 23.1 Å². The average molecular weight is 282 g/mol. The molecule has 19 heavy (non-hydrogen) atoms. The molecule has 1 aromatic carbocycles. The largest absolute Gasteiger partial charge is 0.398 e. The van der Waals surface area contributed by atoms with Crippen molar-refractivity contribution in [1.82, 2.24) is 4.90 Å². The standard InChI is InChI=1S/C14H20ClN3O/c15-12-6-3-7-13(16)11(12)8-18(9-14(17)19)10-4-1-2-5-10/h3,6-7,10H,1-2,4-5,8-9,16H2,(H2,17,19). The van der Waals surface area contributed by atoms with Gasteiger partial charge in [0.15, 0.2) is 0 Å². The second kappa shape index (κ2) is 6.26. The van der Waals surface area contributed by atoms with Crippen LogP contribution in [0.2, 0.25) is 5.02 Å². The zero-order chi connectivity index (χ0) is 13.8. The van der Waals surface area contributed by atoms with Gasteiger partial charge < -0.3 is 11.5 Å². The fraction of sp³-hybridized carbons (Fsp3) is 0.500. The molecule has 4 N–H and O–H groups in total. The van der Waals surface area contributed by atoms with Gasteiger partial charge in [0.05, 0.1) is 6.54 Å². The van der Waals surface area contributed by atoms with Gasteiger partial charge in [0.1, 0.15) is 0 Å². The van der Waals surface area contributed by atoms with E-state index in [-0.39, 0.29) is 12.5 Å². The molecular formula is C14H20ClN3O. The van der Waals surface area contributed by atoms with E-state index in [0.29, 0.717) is 23.3 Å². The van der Waals surface area contributed by atoms with Gasteiger partial charge in [-0.15, -0.1) is 0 Å². The molecule has 0 spiro atoms. The maximum absolute atomic E-state index is 11.2. The summed E-state index contributed by atoms with van der Waals surface area (Å²) in [6.07, 6.45) is 4.63. The molecule has 0 unspecified atom stereocenters. The van der Waals surface area contributed by atoms with Crippen LogP contribution in [0.1, 0.15) is 31.2 Å². The van der Waals surface area contributed by atoms with Crippen LogP contribution in [0.15, 0.2) is 18.2 Å². The topological polar surface area (TPSA) is 72.4 Å².